The van der Waals surface area contributed by atoms with Crippen molar-refractivity contribution in [1.29, 1.82) is 0 Å². The third-order valence-corrected chi connectivity index (χ3v) is 5.35. The normalized spacial score (nSPS) is 17.9. The van der Waals surface area contributed by atoms with E-state index in [1.807, 2.05) is 0 Å². The molecule has 3 heteroatoms. The summed E-state index contributed by atoms with van der Waals surface area (Å²) in [5.41, 5.74) is 4.95. The minimum Gasteiger partial charge on any atom is -0.348 e. The van der Waals surface area contributed by atoms with Crippen molar-refractivity contribution in [3.8, 4) is 0 Å². The maximum atomic E-state index is 4.19. The second kappa shape index (κ2) is 3.61. The van der Waals surface area contributed by atoms with E-state index in [0.717, 1.165) is 10.2 Å². The van der Waals surface area contributed by atoms with Crippen molar-refractivity contribution in [3.63, 3.8) is 0 Å². The Hall–Kier alpha value is -0.280. The summed E-state index contributed by atoms with van der Waals surface area (Å²) in [4.78, 5) is 2.17. The summed E-state index contributed by atoms with van der Waals surface area (Å²) in [5, 5.41) is 0. The predicted molar refractivity (Wildman–Crippen MR) is 77.1 cm³/mol. The molecule has 0 saturated carbocycles. The lowest BCUT2D eigenvalue weighted by atomic mass is 9.84. The summed E-state index contributed by atoms with van der Waals surface area (Å²) in [5.74, 6) is 0. The fourth-order valence-electron chi connectivity index (χ4n) is 2.27. The highest BCUT2D eigenvalue weighted by Crippen LogP contribution is 2.51. The van der Waals surface area contributed by atoms with Crippen LogP contribution in [0.5, 0.6) is 0 Å². The molecular weight excluding hydrogens is 330 g/mol. The molecule has 1 nitrogen and oxygen atoms in total. The summed E-state index contributed by atoms with van der Waals surface area (Å²) in [7, 11) is 2.07. The highest BCUT2D eigenvalue weighted by Gasteiger charge is 2.39. The quantitative estimate of drug-likeness (QED) is 0.655. The van der Waals surface area contributed by atoms with Crippen LogP contribution in [0.3, 0.4) is 0 Å². The van der Waals surface area contributed by atoms with Crippen LogP contribution in [0.1, 0.15) is 25.0 Å². The van der Waals surface area contributed by atoms with E-state index in [1.54, 1.807) is 0 Å². The van der Waals surface area contributed by atoms with Gasteiger partial charge in [-0.25, -0.2) is 0 Å². The van der Waals surface area contributed by atoms with Gasteiger partial charge in [-0.15, -0.1) is 0 Å². The Kier molecular flexibility index (Phi) is 2.75. The highest BCUT2D eigenvalue weighted by molar-refractivity contribution is 9.11. The zero-order chi connectivity index (χ0) is 12.2. The molecule has 1 aliphatic heterocycles. The largest absolute Gasteiger partial charge is 0.348 e. The molecule has 0 bridgehead atoms. The van der Waals surface area contributed by atoms with Crippen LogP contribution in [0.25, 0.3) is 0 Å². The number of likely N-dealkylation sites (N-methyl/N-ethyl adjacent to an activating group) is 1. The van der Waals surface area contributed by atoms with E-state index in [0.29, 0.717) is 0 Å². The lowest BCUT2D eigenvalue weighted by molar-refractivity contribution is 0.639. The van der Waals surface area contributed by atoms with Crippen LogP contribution in [-0.4, -0.2) is 7.05 Å². The maximum Gasteiger partial charge on any atom is 0.0470 e. The molecular formula is C13H15Br2N. The van der Waals surface area contributed by atoms with Crippen LogP contribution in [0, 0.1) is 6.92 Å². The third kappa shape index (κ3) is 1.41. The SMILES string of the molecule is C=C1N(C)c2cc(Br)c(C)c(Br)c2C1(C)C. The minimum atomic E-state index is -0.00558. The van der Waals surface area contributed by atoms with Gasteiger partial charge in [0.2, 0.25) is 0 Å². The van der Waals surface area contributed by atoms with E-state index in [2.05, 4.69) is 77.2 Å². The first-order valence-corrected chi connectivity index (χ1v) is 6.79. The average Bonchev–Trinajstić information content (AvgIpc) is 2.37. The molecule has 0 atom stereocenters. The smallest absolute Gasteiger partial charge is 0.0470 e. The van der Waals surface area contributed by atoms with Gasteiger partial charge < -0.3 is 4.90 Å². The highest BCUT2D eigenvalue weighted by atomic mass is 79.9. The molecule has 0 unspecified atom stereocenters. The number of benzene rings is 1. The first-order chi connectivity index (χ1) is 7.28. The topological polar surface area (TPSA) is 3.24 Å². The van der Waals surface area contributed by atoms with Gasteiger partial charge in [0.25, 0.3) is 0 Å². The molecule has 0 aliphatic carbocycles. The molecule has 0 spiro atoms. The number of halogens is 2. The number of hydrogen-bond acceptors (Lipinski definition) is 1. The van der Waals surface area contributed by atoms with E-state index >= 15 is 0 Å². The molecule has 2 rings (SSSR count). The summed E-state index contributed by atoms with van der Waals surface area (Å²) in [6.45, 7) is 10.7. The van der Waals surface area contributed by atoms with Crippen LogP contribution < -0.4 is 4.90 Å². The van der Waals surface area contributed by atoms with Crippen molar-refractivity contribution in [2.45, 2.75) is 26.2 Å². The van der Waals surface area contributed by atoms with Gasteiger partial charge in [-0.3, -0.25) is 0 Å². The molecule has 0 amide bonds. The Bertz CT molecular complexity index is 489. The van der Waals surface area contributed by atoms with Gasteiger partial charge in [-0.2, -0.15) is 0 Å². The molecule has 1 heterocycles. The molecule has 0 aromatic heterocycles. The van der Waals surface area contributed by atoms with Gasteiger partial charge >= 0.3 is 0 Å². The van der Waals surface area contributed by atoms with Gasteiger partial charge in [-0.05, 0) is 18.6 Å². The van der Waals surface area contributed by atoms with E-state index in [-0.39, 0.29) is 5.41 Å². The van der Waals surface area contributed by atoms with Crippen LogP contribution >= 0.6 is 31.9 Å². The Morgan fingerprint density at radius 1 is 1.31 bits per heavy atom. The second-order valence-electron chi connectivity index (χ2n) is 4.82. The summed E-state index contributed by atoms with van der Waals surface area (Å²) >= 11 is 7.31. The summed E-state index contributed by atoms with van der Waals surface area (Å²) in [6.07, 6.45) is 0. The first kappa shape index (κ1) is 12.2. The van der Waals surface area contributed by atoms with Gasteiger partial charge in [0.1, 0.15) is 0 Å². The molecule has 0 saturated heterocycles. The number of hydrogen-bond donors (Lipinski definition) is 0. The molecule has 1 aromatic rings. The molecule has 1 aliphatic rings. The van der Waals surface area contributed by atoms with Crippen molar-refractivity contribution in [2.24, 2.45) is 0 Å². The van der Waals surface area contributed by atoms with E-state index in [9.17, 15) is 0 Å². The lowest BCUT2D eigenvalue weighted by Crippen LogP contribution is -2.21. The molecule has 0 radical (unpaired) electrons. The number of rotatable bonds is 0. The van der Waals surface area contributed by atoms with Crippen LogP contribution in [0.4, 0.5) is 5.69 Å². The second-order valence-corrected chi connectivity index (χ2v) is 6.47. The van der Waals surface area contributed by atoms with E-state index in [1.165, 1.54) is 21.3 Å². The maximum absolute atomic E-state index is 4.19. The molecule has 0 N–H and O–H groups in total. The summed E-state index contributed by atoms with van der Waals surface area (Å²) in [6, 6.07) is 2.18. The first-order valence-electron chi connectivity index (χ1n) is 5.20. The van der Waals surface area contributed by atoms with Crippen molar-refractivity contribution in [2.75, 3.05) is 11.9 Å². The third-order valence-electron chi connectivity index (χ3n) is 3.54. The number of nitrogens with zero attached hydrogens (tertiary/aromatic N) is 1. The van der Waals surface area contributed by atoms with Crippen LogP contribution in [-0.2, 0) is 5.41 Å². The standard InChI is InChI=1S/C13H15Br2N/c1-7-9(14)6-10-11(12(7)15)13(3,4)8(2)16(10)5/h6H,2H2,1,3-5H3. The van der Waals surface area contributed by atoms with Gasteiger partial charge in [0.15, 0.2) is 0 Å². The number of fused-ring (bicyclic) bond motifs is 1. The van der Waals surface area contributed by atoms with E-state index < -0.39 is 0 Å². The number of anilines is 1. The molecule has 0 fully saturated rings. The molecule has 86 valence electrons. The Morgan fingerprint density at radius 3 is 2.44 bits per heavy atom. The molecule has 1 aromatic carbocycles. The Morgan fingerprint density at radius 2 is 1.88 bits per heavy atom. The molecule has 16 heavy (non-hydrogen) atoms. The Labute approximate surface area is 114 Å². The van der Waals surface area contributed by atoms with Gasteiger partial charge in [0, 0.05) is 38.4 Å². The monoisotopic (exact) mass is 343 g/mol. The zero-order valence-electron chi connectivity index (χ0n) is 9.99. The predicted octanol–water partition coefficient (Wildman–Crippen LogP) is 4.76. The van der Waals surface area contributed by atoms with Crippen molar-refractivity contribution in [3.05, 3.63) is 38.4 Å². The Balaban J connectivity index is 2.83. The van der Waals surface area contributed by atoms with Crippen molar-refractivity contribution < 1.29 is 0 Å². The minimum absolute atomic E-state index is 0.00558. The summed E-state index contributed by atoms with van der Waals surface area (Å²) < 4.78 is 2.32. The van der Waals surface area contributed by atoms with Crippen LogP contribution in [0.15, 0.2) is 27.3 Å². The number of allylic oxidation sites excluding steroid dienone is 1. The average molecular weight is 345 g/mol. The van der Waals surface area contributed by atoms with E-state index in [4.69, 9.17) is 0 Å². The van der Waals surface area contributed by atoms with Gasteiger partial charge in [0.05, 0.1) is 0 Å². The van der Waals surface area contributed by atoms with Gasteiger partial charge in [-0.1, -0.05) is 52.3 Å². The lowest BCUT2D eigenvalue weighted by Gasteiger charge is -2.23. The fraction of sp³-hybridized carbons (Fsp3) is 0.385. The van der Waals surface area contributed by atoms with Crippen molar-refractivity contribution >= 4 is 37.5 Å². The van der Waals surface area contributed by atoms with Crippen molar-refractivity contribution in [1.82, 2.24) is 0 Å². The zero-order valence-corrected chi connectivity index (χ0v) is 13.2. The fourth-order valence-corrected chi connectivity index (χ4v) is 3.87. The van der Waals surface area contributed by atoms with Crippen LogP contribution in [0.2, 0.25) is 0 Å².